The Morgan fingerprint density at radius 3 is 2.83 bits per heavy atom. The highest BCUT2D eigenvalue weighted by Gasteiger charge is 2.35. The van der Waals surface area contributed by atoms with Crippen molar-refractivity contribution in [3.05, 3.63) is 12.7 Å². The third kappa shape index (κ3) is 2.45. The number of ether oxygens (including phenoxy) is 1. The van der Waals surface area contributed by atoms with Gasteiger partial charge in [0.1, 0.15) is 6.10 Å². The van der Waals surface area contributed by atoms with Crippen LogP contribution in [0.3, 0.4) is 0 Å². The summed E-state index contributed by atoms with van der Waals surface area (Å²) < 4.78 is 5.15. The first-order valence-electron chi connectivity index (χ1n) is 4.46. The molecule has 0 aliphatic heterocycles. The van der Waals surface area contributed by atoms with Gasteiger partial charge in [-0.3, -0.25) is 4.79 Å². The molecule has 0 N–H and O–H groups in total. The van der Waals surface area contributed by atoms with Crippen LogP contribution < -0.4 is 0 Å². The van der Waals surface area contributed by atoms with E-state index in [0.29, 0.717) is 12.3 Å². The summed E-state index contributed by atoms with van der Waals surface area (Å²) in [5.74, 6) is 0.743. The average molecular weight is 168 g/mol. The van der Waals surface area contributed by atoms with Crippen molar-refractivity contribution in [2.45, 2.75) is 31.8 Å². The Labute approximate surface area is 73.6 Å². The Kier molecular flexibility index (Phi) is 3.48. The van der Waals surface area contributed by atoms with Gasteiger partial charge in [-0.05, 0) is 25.2 Å². The molecular weight excluding hydrogens is 152 g/mol. The molecule has 0 aromatic heterocycles. The quantitative estimate of drug-likeness (QED) is 0.566. The first-order chi connectivity index (χ1) is 5.79. The summed E-state index contributed by atoms with van der Waals surface area (Å²) in [6.45, 7) is 3.59. The fraction of sp³-hybridized carbons (Fsp3) is 0.700. The Morgan fingerprint density at radius 1 is 1.75 bits per heavy atom. The second kappa shape index (κ2) is 4.41. The van der Waals surface area contributed by atoms with Gasteiger partial charge in [0, 0.05) is 13.5 Å². The van der Waals surface area contributed by atoms with Gasteiger partial charge in [0.15, 0.2) is 5.78 Å². The predicted molar refractivity (Wildman–Crippen MR) is 48.0 cm³/mol. The van der Waals surface area contributed by atoms with Crippen LogP contribution in [0.2, 0.25) is 0 Å². The predicted octanol–water partition coefficient (Wildman–Crippen LogP) is 1.95. The van der Waals surface area contributed by atoms with Crippen molar-refractivity contribution in [3.8, 4) is 0 Å². The van der Waals surface area contributed by atoms with Crippen LogP contribution >= 0.6 is 0 Å². The molecule has 2 nitrogen and oxygen atoms in total. The van der Waals surface area contributed by atoms with E-state index in [-0.39, 0.29) is 11.9 Å². The van der Waals surface area contributed by atoms with Crippen LogP contribution in [0.5, 0.6) is 0 Å². The fourth-order valence-electron chi connectivity index (χ4n) is 1.37. The van der Waals surface area contributed by atoms with Gasteiger partial charge in [-0.25, -0.2) is 0 Å². The van der Waals surface area contributed by atoms with Gasteiger partial charge in [0.2, 0.25) is 0 Å². The summed E-state index contributed by atoms with van der Waals surface area (Å²) in [4.78, 5) is 11.4. The van der Waals surface area contributed by atoms with E-state index in [9.17, 15) is 4.79 Å². The van der Waals surface area contributed by atoms with Crippen LogP contribution in [0.4, 0.5) is 0 Å². The minimum absolute atomic E-state index is 0.134. The standard InChI is InChI=1S/C10H16O2/c1-3-4-5-9(11)10(12-2)8-6-7-8/h3,8,10H,1,4-7H2,2H3. The summed E-state index contributed by atoms with van der Waals surface area (Å²) in [5, 5.41) is 0. The zero-order valence-corrected chi connectivity index (χ0v) is 7.58. The Balaban J connectivity index is 2.31. The van der Waals surface area contributed by atoms with E-state index < -0.39 is 0 Å². The maximum absolute atomic E-state index is 11.4. The van der Waals surface area contributed by atoms with Gasteiger partial charge < -0.3 is 4.74 Å². The summed E-state index contributed by atoms with van der Waals surface area (Å²) in [7, 11) is 1.62. The Morgan fingerprint density at radius 2 is 2.42 bits per heavy atom. The molecule has 0 aromatic carbocycles. The molecule has 1 fully saturated rings. The molecule has 0 amide bonds. The number of carbonyl (C=O) groups excluding carboxylic acids is 1. The van der Waals surface area contributed by atoms with Crippen LogP contribution in [-0.2, 0) is 9.53 Å². The molecule has 1 rings (SSSR count). The van der Waals surface area contributed by atoms with Gasteiger partial charge in [-0.2, -0.15) is 0 Å². The molecule has 12 heavy (non-hydrogen) atoms. The first kappa shape index (κ1) is 9.46. The number of carbonyl (C=O) groups is 1. The number of hydrogen-bond donors (Lipinski definition) is 0. The molecule has 0 radical (unpaired) electrons. The topological polar surface area (TPSA) is 26.3 Å². The normalized spacial score (nSPS) is 18.8. The van der Waals surface area contributed by atoms with Crippen LogP contribution in [-0.4, -0.2) is 19.0 Å². The highest BCUT2D eigenvalue weighted by atomic mass is 16.5. The van der Waals surface area contributed by atoms with E-state index in [2.05, 4.69) is 6.58 Å². The number of hydrogen-bond acceptors (Lipinski definition) is 2. The fourth-order valence-corrected chi connectivity index (χ4v) is 1.37. The SMILES string of the molecule is C=CCCC(=O)C(OC)C1CC1. The van der Waals surface area contributed by atoms with Crippen molar-refractivity contribution in [2.24, 2.45) is 5.92 Å². The monoisotopic (exact) mass is 168 g/mol. The minimum atomic E-state index is -0.134. The van der Waals surface area contributed by atoms with Gasteiger partial charge in [-0.1, -0.05) is 6.08 Å². The third-order valence-electron chi connectivity index (χ3n) is 2.22. The molecule has 2 heteroatoms. The minimum Gasteiger partial charge on any atom is -0.373 e. The molecule has 0 spiro atoms. The smallest absolute Gasteiger partial charge is 0.162 e. The third-order valence-corrected chi connectivity index (χ3v) is 2.22. The molecule has 68 valence electrons. The zero-order chi connectivity index (χ0) is 8.97. The van der Waals surface area contributed by atoms with Crippen LogP contribution in [0.1, 0.15) is 25.7 Å². The summed E-state index contributed by atoms with van der Waals surface area (Å²) in [6.07, 6.45) is 5.29. The van der Waals surface area contributed by atoms with Gasteiger partial charge >= 0.3 is 0 Å². The molecule has 1 saturated carbocycles. The van der Waals surface area contributed by atoms with Gasteiger partial charge in [-0.15, -0.1) is 6.58 Å². The molecular formula is C10H16O2. The summed E-state index contributed by atoms with van der Waals surface area (Å²) in [5.41, 5.74) is 0. The van der Waals surface area contributed by atoms with E-state index in [1.54, 1.807) is 13.2 Å². The van der Waals surface area contributed by atoms with E-state index >= 15 is 0 Å². The second-order valence-electron chi connectivity index (χ2n) is 3.29. The lowest BCUT2D eigenvalue weighted by molar-refractivity contribution is -0.129. The maximum Gasteiger partial charge on any atom is 0.162 e. The number of allylic oxidation sites excluding steroid dienone is 1. The molecule has 1 aliphatic carbocycles. The second-order valence-corrected chi connectivity index (χ2v) is 3.29. The summed E-state index contributed by atoms with van der Waals surface area (Å²) in [6, 6.07) is 0. The van der Waals surface area contributed by atoms with Gasteiger partial charge in [0.05, 0.1) is 0 Å². The lowest BCUT2D eigenvalue weighted by Crippen LogP contribution is -2.24. The highest BCUT2D eigenvalue weighted by Crippen LogP contribution is 2.34. The molecule has 0 saturated heterocycles. The Hall–Kier alpha value is -0.630. The van der Waals surface area contributed by atoms with Crippen LogP contribution in [0, 0.1) is 5.92 Å². The van der Waals surface area contributed by atoms with Crippen LogP contribution in [0.15, 0.2) is 12.7 Å². The lowest BCUT2D eigenvalue weighted by atomic mass is 10.1. The van der Waals surface area contributed by atoms with E-state index in [1.165, 1.54) is 0 Å². The van der Waals surface area contributed by atoms with Crippen molar-refractivity contribution >= 4 is 5.78 Å². The molecule has 1 atom stereocenters. The number of rotatable bonds is 6. The molecule has 0 heterocycles. The molecule has 1 unspecified atom stereocenters. The number of methoxy groups -OCH3 is 1. The van der Waals surface area contributed by atoms with Crippen molar-refractivity contribution in [1.82, 2.24) is 0 Å². The highest BCUT2D eigenvalue weighted by molar-refractivity contribution is 5.83. The Bertz CT molecular complexity index is 171. The van der Waals surface area contributed by atoms with Gasteiger partial charge in [0.25, 0.3) is 0 Å². The first-order valence-corrected chi connectivity index (χ1v) is 4.46. The maximum atomic E-state index is 11.4. The zero-order valence-electron chi connectivity index (χ0n) is 7.58. The van der Waals surface area contributed by atoms with E-state index in [0.717, 1.165) is 19.3 Å². The molecule has 1 aliphatic rings. The largest absolute Gasteiger partial charge is 0.373 e. The van der Waals surface area contributed by atoms with Crippen LogP contribution in [0.25, 0.3) is 0 Å². The van der Waals surface area contributed by atoms with Crippen molar-refractivity contribution in [2.75, 3.05) is 7.11 Å². The van der Waals surface area contributed by atoms with E-state index in [4.69, 9.17) is 4.74 Å². The van der Waals surface area contributed by atoms with Crippen molar-refractivity contribution < 1.29 is 9.53 Å². The van der Waals surface area contributed by atoms with Crippen molar-refractivity contribution in [1.29, 1.82) is 0 Å². The van der Waals surface area contributed by atoms with Crippen molar-refractivity contribution in [3.63, 3.8) is 0 Å². The molecule has 0 bridgehead atoms. The summed E-state index contributed by atoms with van der Waals surface area (Å²) >= 11 is 0. The lowest BCUT2D eigenvalue weighted by Gasteiger charge is -2.11. The number of ketones is 1. The van der Waals surface area contributed by atoms with E-state index in [1.807, 2.05) is 0 Å². The molecule has 0 aromatic rings. The number of Topliss-reactive ketones (excluding diaryl/α,β-unsaturated/α-hetero) is 1. The average Bonchev–Trinajstić information content (AvgIpc) is 2.86.